The van der Waals surface area contributed by atoms with Gasteiger partial charge in [-0.15, -0.1) is 30.6 Å². The third kappa shape index (κ3) is 7.98. The van der Waals surface area contributed by atoms with Crippen LogP contribution in [0.2, 0.25) is 0 Å². The van der Waals surface area contributed by atoms with Gasteiger partial charge in [-0.25, -0.2) is 4.99 Å². The number of rotatable bonds is 6. The van der Waals surface area contributed by atoms with E-state index in [0.717, 1.165) is 38.6 Å². The predicted octanol–water partition coefficient (Wildman–Crippen LogP) is 1.18. The second-order valence-corrected chi connectivity index (χ2v) is 5.53. The molecule has 1 N–H and O–H groups in total. The lowest BCUT2D eigenvalue weighted by atomic mass is 10.00. The van der Waals surface area contributed by atoms with Gasteiger partial charge < -0.3 is 19.9 Å². The number of likely N-dealkylation sites (N-methyl/N-ethyl adjacent to an activating group) is 1. The lowest BCUT2D eigenvalue weighted by molar-refractivity contribution is -0.127. The molecule has 22 heavy (non-hydrogen) atoms. The van der Waals surface area contributed by atoms with E-state index in [2.05, 4.69) is 21.8 Å². The van der Waals surface area contributed by atoms with Crippen molar-refractivity contribution in [2.45, 2.75) is 12.8 Å². The van der Waals surface area contributed by atoms with E-state index in [9.17, 15) is 4.79 Å². The van der Waals surface area contributed by atoms with Crippen molar-refractivity contribution in [1.82, 2.24) is 15.1 Å². The summed E-state index contributed by atoms with van der Waals surface area (Å²) in [6.07, 6.45) is 3.94. The first-order valence-electron chi connectivity index (χ1n) is 7.42. The van der Waals surface area contributed by atoms with Gasteiger partial charge in [0.2, 0.25) is 5.91 Å². The van der Waals surface area contributed by atoms with Crippen molar-refractivity contribution in [3.63, 3.8) is 0 Å². The van der Waals surface area contributed by atoms with Crippen LogP contribution in [-0.4, -0.2) is 75.7 Å². The number of hydrogen-bond donors (Lipinski definition) is 1. The third-order valence-electron chi connectivity index (χ3n) is 3.50. The molecule has 128 valence electrons. The molecule has 0 saturated carbocycles. The molecule has 0 unspecified atom stereocenters. The van der Waals surface area contributed by atoms with Gasteiger partial charge in [0.25, 0.3) is 0 Å². The molecule has 0 spiro atoms. The Balaban J connectivity index is 0.00000441. The second-order valence-electron chi connectivity index (χ2n) is 5.53. The average Bonchev–Trinajstić information content (AvgIpc) is 2.47. The summed E-state index contributed by atoms with van der Waals surface area (Å²) >= 11 is 0. The number of carbonyl (C=O) groups excluding carboxylic acids is 1. The highest BCUT2D eigenvalue weighted by molar-refractivity contribution is 14.0. The maximum Gasteiger partial charge on any atom is 0.243 e. The largest absolute Gasteiger partial charge is 0.381 e. The van der Waals surface area contributed by atoms with Crippen LogP contribution in [0, 0.1) is 5.92 Å². The van der Waals surface area contributed by atoms with E-state index < -0.39 is 0 Å². The first kappa shape index (κ1) is 21.2. The molecule has 1 saturated heterocycles. The Labute approximate surface area is 151 Å². The Bertz CT molecular complexity index is 369. The molecule has 0 radical (unpaired) electrons. The molecule has 7 heteroatoms. The molecule has 1 rings (SSSR count). The molecular formula is C15H29IN4O2. The Morgan fingerprint density at radius 2 is 2.00 bits per heavy atom. The molecule has 6 nitrogen and oxygen atoms in total. The van der Waals surface area contributed by atoms with Crippen molar-refractivity contribution in [2.24, 2.45) is 10.9 Å². The van der Waals surface area contributed by atoms with Crippen LogP contribution in [0.4, 0.5) is 0 Å². The predicted molar refractivity (Wildman–Crippen MR) is 101 cm³/mol. The molecule has 0 bridgehead atoms. The van der Waals surface area contributed by atoms with Crippen molar-refractivity contribution >= 4 is 35.8 Å². The molecule has 1 aliphatic heterocycles. The zero-order chi connectivity index (χ0) is 15.7. The third-order valence-corrected chi connectivity index (χ3v) is 3.50. The lowest BCUT2D eigenvalue weighted by Gasteiger charge is -2.29. The fourth-order valence-corrected chi connectivity index (χ4v) is 2.16. The van der Waals surface area contributed by atoms with Gasteiger partial charge >= 0.3 is 0 Å². The molecular weight excluding hydrogens is 395 g/mol. The summed E-state index contributed by atoms with van der Waals surface area (Å²) in [6.45, 7) is 7.09. The zero-order valence-corrected chi connectivity index (χ0v) is 16.2. The van der Waals surface area contributed by atoms with Crippen molar-refractivity contribution < 1.29 is 9.53 Å². The number of nitrogens with one attached hydrogen (secondary N) is 1. The Kier molecular flexibility index (Phi) is 11.3. The molecule has 0 aromatic heterocycles. The van der Waals surface area contributed by atoms with E-state index in [1.165, 1.54) is 0 Å². The fourth-order valence-electron chi connectivity index (χ4n) is 2.16. The van der Waals surface area contributed by atoms with Crippen LogP contribution in [0.15, 0.2) is 17.6 Å². The maximum absolute atomic E-state index is 11.7. The van der Waals surface area contributed by atoms with Gasteiger partial charge in [-0.1, -0.05) is 6.08 Å². The SMILES string of the molecule is C=CCNC(=NCC(=O)N(C)C)N(C)CC1CCOCC1.I. The highest BCUT2D eigenvalue weighted by Crippen LogP contribution is 2.15. The number of aliphatic imine (C=N–C) groups is 1. The zero-order valence-electron chi connectivity index (χ0n) is 13.9. The van der Waals surface area contributed by atoms with Crippen molar-refractivity contribution in [3.8, 4) is 0 Å². The summed E-state index contributed by atoms with van der Waals surface area (Å²) in [6, 6.07) is 0. The quantitative estimate of drug-likeness (QED) is 0.301. The van der Waals surface area contributed by atoms with Crippen LogP contribution in [0.25, 0.3) is 0 Å². The summed E-state index contributed by atoms with van der Waals surface area (Å²) < 4.78 is 5.38. The van der Waals surface area contributed by atoms with Crippen LogP contribution >= 0.6 is 24.0 Å². The number of ether oxygens (including phenoxy) is 1. The topological polar surface area (TPSA) is 57.2 Å². The molecule has 1 heterocycles. The fraction of sp³-hybridized carbons (Fsp3) is 0.733. The second kappa shape index (κ2) is 11.7. The van der Waals surface area contributed by atoms with E-state index in [0.29, 0.717) is 12.5 Å². The smallest absolute Gasteiger partial charge is 0.243 e. The van der Waals surface area contributed by atoms with Crippen molar-refractivity contribution in [1.29, 1.82) is 0 Å². The van der Waals surface area contributed by atoms with Crippen LogP contribution in [0.1, 0.15) is 12.8 Å². The number of guanidine groups is 1. The summed E-state index contributed by atoms with van der Waals surface area (Å²) in [5.74, 6) is 1.35. The van der Waals surface area contributed by atoms with Gasteiger partial charge in [-0.2, -0.15) is 0 Å². The molecule has 0 aromatic rings. The maximum atomic E-state index is 11.7. The standard InChI is InChI=1S/C15H28N4O2.HI/c1-5-8-16-15(17-11-14(20)18(2)3)19(4)12-13-6-9-21-10-7-13;/h5,13H,1,6-12H2,2-4H3,(H,16,17);1H. The number of carbonyl (C=O) groups is 1. The molecule has 1 amide bonds. The van der Waals surface area contributed by atoms with Crippen molar-refractivity contribution in [2.75, 3.05) is 54.0 Å². The molecule has 0 atom stereocenters. The minimum atomic E-state index is -0.00707. The number of hydrogen-bond acceptors (Lipinski definition) is 3. The molecule has 0 aliphatic carbocycles. The van der Waals surface area contributed by atoms with Crippen LogP contribution in [-0.2, 0) is 9.53 Å². The lowest BCUT2D eigenvalue weighted by Crippen LogP contribution is -2.43. The molecule has 0 aromatic carbocycles. The minimum absolute atomic E-state index is 0. The van der Waals surface area contributed by atoms with Gasteiger partial charge in [0.05, 0.1) is 0 Å². The van der Waals surface area contributed by atoms with E-state index in [-0.39, 0.29) is 36.4 Å². The number of nitrogens with zero attached hydrogens (tertiary/aromatic N) is 3. The Hall–Kier alpha value is -0.830. The Morgan fingerprint density at radius 1 is 1.36 bits per heavy atom. The summed E-state index contributed by atoms with van der Waals surface area (Å²) in [5, 5.41) is 3.21. The van der Waals surface area contributed by atoms with Crippen LogP contribution in [0.5, 0.6) is 0 Å². The van der Waals surface area contributed by atoms with Crippen LogP contribution in [0.3, 0.4) is 0 Å². The van der Waals surface area contributed by atoms with Gasteiger partial charge in [-0.3, -0.25) is 4.79 Å². The normalized spacial score (nSPS) is 15.7. The molecule has 1 fully saturated rings. The first-order chi connectivity index (χ1) is 10.0. The van der Waals surface area contributed by atoms with E-state index in [4.69, 9.17) is 4.74 Å². The summed E-state index contributed by atoms with van der Waals surface area (Å²) in [5.41, 5.74) is 0. The van der Waals surface area contributed by atoms with E-state index in [1.807, 2.05) is 7.05 Å². The summed E-state index contributed by atoms with van der Waals surface area (Å²) in [7, 11) is 5.48. The minimum Gasteiger partial charge on any atom is -0.381 e. The number of amides is 1. The number of halogens is 1. The van der Waals surface area contributed by atoms with Crippen LogP contribution < -0.4 is 5.32 Å². The Morgan fingerprint density at radius 3 is 2.55 bits per heavy atom. The monoisotopic (exact) mass is 424 g/mol. The van der Waals surface area contributed by atoms with E-state index in [1.54, 1.807) is 25.1 Å². The van der Waals surface area contributed by atoms with Gasteiger partial charge in [-0.05, 0) is 18.8 Å². The highest BCUT2D eigenvalue weighted by Gasteiger charge is 2.17. The first-order valence-corrected chi connectivity index (χ1v) is 7.42. The molecule has 1 aliphatic rings. The highest BCUT2D eigenvalue weighted by atomic mass is 127. The van der Waals surface area contributed by atoms with Crippen molar-refractivity contribution in [3.05, 3.63) is 12.7 Å². The van der Waals surface area contributed by atoms with Gasteiger partial charge in [0, 0.05) is 47.4 Å². The van der Waals surface area contributed by atoms with Gasteiger partial charge in [0.1, 0.15) is 6.54 Å². The average molecular weight is 424 g/mol. The summed E-state index contributed by atoms with van der Waals surface area (Å²) in [4.78, 5) is 19.7. The van der Waals surface area contributed by atoms with E-state index >= 15 is 0 Å². The van der Waals surface area contributed by atoms with Gasteiger partial charge in [0.15, 0.2) is 5.96 Å².